The lowest BCUT2D eigenvalue weighted by Crippen LogP contribution is -2.10. The number of rotatable bonds is 3. The van der Waals surface area contributed by atoms with Gasteiger partial charge in [0.1, 0.15) is 16.5 Å². The fraction of sp³-hybridized carbons (Fsp3) is 0. The fourth-order valence-corrected chi connectivity index (χ4v) is 3.10. The Balaban J connectivity index is 2.42. The summed E-state index contributed by atoms with van der Waals surface area (Å²) < 4.78 is 8.58. The Bertz CT molecular complexity index is 646. The first-order valence-electron chi connectivity index (χ1n) is 5.19. The molecule has 0 aliphatic carbocycles. The molecule has 2 rings (SSSR count). The Hall–Kier alpha value is -0.430. The van der Waals surface area contributed by atoms with Crippen molar-refractivity contribution in [2.24, 2.45) is 5.73 Å². The minimum Gasteiger partial charge on any atom is -0.455 e. The quantitative estimate of drug-likeness (QED) is 0.616. The number of hydrogen-bond acceptors (Lipinski definition) is 2. The van der Waals surface area contributed by atoms with Gasteiger partial charge >= 0.3 is 0 Å². The first-order valence-corrected chi connectivity index (χ1v) is 7.98. The zero-order valence-electron chi connectivity index (χ0n) is 9.49. The van der Waals surface area contributed by atoms with Crippen molar-refractivity contribution >= 4 is 65.0 Å². The minimum absolute atomic E-state index is 0.302. The van der Waals surface area contributed by atoms with E-state index in [1.165, 1.54) is 0 Å². The molecule has 6 heteroatoms. The van der Waals surface area contributed by atoms with Gasteiger partial charge in [-0.25, -0.2) is 0 Å². The predicted molar refractivity (Wildman–Crippen MR) is 91.9 cm³/mol. The molecule has 0 heterocycles. The molecule has 0 saturated heterocycles. The van der Waals surface area contributed by atoms with Gasteiger partial charge in [0.25, 0.3) is 0 Å². The summed E-state index contributed by atoms with van der Waals surface area (Å²) in [7, 11) is 0. The Kier molecular flexibility index (Phi) is 5.00. The van der Waals surface area contributed by atoms with Crippen LogP contribution in [0.2, 0.25) is 0 Å². The molecule has 2 nitrogen and oxygen atoms in total. The molecular weight excluding hydrogens is 458 g/mol. The van der Waals surface area contributed by atoms with Gasteiger partial charge in [0.05, 0.1) is 10.0 Å². The molecule has 0 aliphatic rings. The first-order chi connectivity index (χ1) is 8.97. The monoisotopic (exact) mass is 463 g/mol. The summed E-state index contributed by atoms with van der Waals surface area (Å²) in [6, 6.07) is 11.2. The van der Waals surface area contributed by atoms with E-state index in [2.05, 4.69) is 47.8 Å². The van der Waals surface area contributed by atoms with Crippen molar-refractivity contribution in [2.75, 3.05) is 0 Å². The average molecular weight is 466 g/mol. The number of ether oxygens (including phenoxy) is 1. The maximum Gasteiger partial charge on any atom is 0.141 e. The standard InChI is InChI=1S/C13H8Br3NOS/c14-7-2-4-11(10(16)5-7)18-12-6-8(15)1-3-9(12)13(17)19/h1-6H,(H2,17,19). The molecule has 0 aliphatic heterocycles. The van der Waals surface area contributed by atoms with E-state index in [1.54, 1.807) is 0 Å². The summed E-state index contributed by atoms with van der Waals surface area (Å²) in [6.45, 7) is 0. The van der Waals surface area contributed by atoms with Crippen molar-refractivity contribution < 1.29 is 4.74 Å². The smallest absolute Gasteiger partial charge is 0.141 e. The van der Waals surface area contributed by atoms with Crippen LogP contribution in [0.1, 0.15) is 5.56 Å². The van der Waals surface area contributed by atoms with Crippen LogP contribution in [0.4, 0.5) is 0 Å². The van der Waals surface area contributed by atoms with E-state index in [-0.39, 0.29) is 0 Å². The van der Waals surface area contributed by atoms with Crippen LogP contribution in [0.15, 0.2) is 49.8 Å². The molecule has 0 unspecified atom stereocenters. The van der Waals surface area contributed by atoms with Gasteiger partial charge in [-0.15, -0.1) is 0 Å². The number of benzene rings is 2. The Morgan fingerprint density at radius 3 is 2.21 bits per heavy atom. The number of thiocarbonyl (C=S) groups is 1. The highest BCUT2D eigenvalue weighted by Crippen LogP contribution is 2.34. The summed E-state index contributed by atoms with van der Waals surface area (Å²) in [4.78, 5) is 0.302. The average Bonchev–Trinajstić information content (AvgIpc) is 2.32. The molecule has 0 amide bonds. The molecule has 0 spiro atoms. The van der Waals surface area contributed by atoms with Crippen molar-refractivity contribution in [2.45, 2.75) is 0 Å². The van der Waals surface area contributed by atoms with Gasteiger partial charge in [-0.3, -0.25) is 0 Å². The summed E-state index contributed by atoms with van der Waals surface area (Å²) >= 11 is 15.3. The predicted octanol–water partition coefficient (Wildman–Crippen LogP) is 5.40. The third kappa shape index (κ3) is 3.78. The normalized spacial score (nSPS) is 10.3. The summed E-state index contributed by atoms with van der Waals surface area (Å²) in [6.07, 6.45) is 0. The van der Waals surface area contributed by atoms with E-state index in [0.717, 1.165) is 13.4 Å². The Morgan fingerprint density at radius 2 is 1.58 bits per heavy atom. The van der Waals surface area contributed by atoms with Crippen molar-refractivity contribution in [3.8, 4) is 11.5 Å². The van der Waals surface area contributed by atoms with Gasteiger partial charge < -0.3 is 10.5 Å². The molecule has 0 bridgehead atoms. The van der Waals surface area contributed by atoms with Crippen LogP contribution in [0.25, 0.3) is 0 Å². The number of nitrogens with two attached hydrogens (primary N) is 1. The molecule has 0 radical (unpaired) electrons. The molecule has 98 valence electrons. The molecule has 0 aromatic heterocycles. The zero-order valence-corrected chi connectivity index (χ0v) is 15.1. The second-order valence-corrected chi connectivity index (χ2v) is 6.81. The third-order valence-corrected chi connectivity index (χ3v) is 4.15. The Morgan fingerprint density at radius 1 is 0.947 bits per heavy atom. The van der Waals surface area contributed by atoms with Crippen LogP contribution >= 0.6 is 60.0 Å². The third-order valence-electron chi connectivity index (χ3n) is 2.32. The van der Waals surface area contributed by atoms with E-state index in [0.29, 0.717) is 22.1 Å². The topological polar surface area (TPSA) is 35.2 Å². The molecule has 2 N–H and O–H groups in total. The van der Waals surface area contributed by atoms with Gasteiger partial charge in [0.2, 0.25) is 0 Å². The second kappa shape index (κ2) is 6.35. The SMILES string of the molecule is NC(=S)c1ccc(Br)cc1Oc1ccc(Br)cc1Br. The second-order valence-electron chi connectivity index (χ2n) is 3.68. The van der Waals surface area contributed by atoms with Crippen molar-refractivity contribution in [1.29, 1.82) is 0 Å². The first kappa shape index (κ1) is 15.0. The van der Waals surface area contributed by atoms with Crippen LogP contribution in [0, 0.1) is 0 Å². The van der Waals surface area contributed by atoms with Crippen LogP contribution in [0.5, 0.6) is 11.5 Å². The molecular formula is C13H8Br3NOS. The molecule has 2 aromatic rings. The summed E-state index contributed by atoms with van der Waals surface area (Å²) in [5.74, 6) is 1.31. The lowest BCUT2D eigenvalue weighted by Gasteiger charge is -2.12. The lowest BCUT2D eigenvalue weighted by molar-refractivity contribution is 0.478. The lowest BCUT2D eigenvalue weighted by atomic mass is 10.2. The maximum absolute atomic E-state index is 5.87. The molecule has 19 heavy (non-hydrogen) atoms. The molecule has 0 saturated carbocycles. The maximum atomic E-state index is 5.87. The van der Waals surface area contributed by atoms with Crippen molar-refractivity contribution in [1.82, 2.24) is 0 Å². The van der Waals surface area contributed by atoms with Gasteiger partial charge in [-0.2, -0.15) is 0 Å². The summed E-state index contributed by atoms with van der Waals surface area (Å²) in [5, 5.41) is 0. The zero-order chi connectivity index (χ0) is 14.0. The van der Waals surface area contributed by atoms with Crippen molar-refractivity contribution in [3.63, 3.8) is 0 Å². The van der Waals surface area contributed by atoms with Crippen LogP contribution in [0.3, 0.4) is 0 Å². The molecule has 0 atom stereocenters. The van der Waals surface area contributed by atoms with Crippen LogP contribution in [-0.2, 0) is 0 Å². The van der Waals surface area contributed by atoms with E-state index in [4.69, 9.17) is 22.7 Å². The number of halogens is 3. The summed E-state index contributed by atoms with van der Waals surface area (Å²) in [5.41, 5.74) is 6.40. The Labute approximate surface area is 141 Å². The molecule has 0 fully saturated rings. The van der Waals surface area contributed by atoms with E-state index in [1.807, 2.05) is 36.4 Å². The van der Waals surface area contributed by atoms with Gasteiger partial charge in [-0.1, -0.05) is 44.1 Å². The van der Waals surface area contributed by atoms with Gasteiger partial charge in [0, 0.05) is 8.95 Å². The van der Waals surface area contributed by atoms with Crippen molar-refractivity contribution in [3.05, 3.63) is 55.4 Å². The highest BCUT2D eigenvalue weighted by atomic mass is 79.9. The van der Waals surface area contributed by atoms with Crippen LogP contribution in [-0.4, -0.2) is 4.99 Å². The van der Waals surface area contributed by atoms with Crippen LogP contribution < -0.4 is 10.5 Å². The van der Waals surface area contributed by atoms with E-state index < -0.39 is 0 Å². The van der Waals surface area contributed by atoms with Gasteiger partial charge in [-0.05, 0) is 52.3 Å². The van der Waals surface area contributed by atoms with E-state index in [9.17, 15) is 0 Å². The van der Waals surface area contributed by atoms with E-state index >= 15 is 0 Å². The highest BCUT2D eigenvalue weighted by molar-refractivity contribution is 9.11. The molecule has 2 aromatic carbocycles. The largest absolute Gasteiger partial charge is 0.455 e. The highest BCUT2D eigenvalue weighted by Gasteiger charge is 2.10. The van der Waals surface area contributed by atoms with Gasteiger partial charge in [0.15, 0.2) is 0 Å². The number of hydrogen-bond donors (Lipinski definition) is 1. The minimum atomic E-state index is 0.302. The fourth-order valence-electron chi connectivity index (χ4n) is 1.46.